The molecule has 0 aromatic carbocycles. The number of aromatic nitrogens is 2. The minimum absolute atomic E-state index is 0.743. The highest BCUT2D eigenvalue weighted by atomic mass is 79.9. The van der Waals surface area contributed by atoms with Crippen LogP contribution in [0.5, 0.6) is 0 Å². The lowest BCUT2D eigenvalue weighted by molar-refractivity contribution is 1.05. The molecule has 3 nitrogen and oxygen atoms in total. The molecule has 78 valence electrons. The highest BCUT2D eigenvalue weighted by Crippen LogP contribution is 2.20. The molecule has 0 aliphatic carbocycles. The first kappa shape index (κ1) is 10.6. The van der Waals surface area contributed by atoms with Gasteiger partial charge >= 0.3 is 0 Å². The molecule has 0 aliphatic heterocycles. The molecule has 15 heavy (non-hydrogen) atoms. The zero-order valence-corrected chi connectivity index (χ0v) is 10.6. The van der Waals surface area contributed by atoms with E-state index in [1.807, 2.05) is 13.0 Å². The molecule has 5 heteroatoms. The van der Waals surface area contributed by atoms with Crippen molar-refractivity contribution in [3.8, 4) is 0 Å². The van der Waals surface area contributed by atoms with Gasteiger partial charge in [-0.1, -0.05) is 0 Å². The second-order valence-electron chi connectivity index (χ2n) is 3.07. The molecule has 0 fully saturated rings. The number of hydrogen-bond donors (Lipinski definition) is 1. The Morgan fingerprint density at radius 2 is 2.40 bits per heavy atom. The summed E-state index contributed by atoms with van der Waals surface area (Å²) in [6.07, 6.45) is 3.54. The number of hydrogen-bond acceptors (Lipinski definition) is 4. The average Bonchev–Trinajstić information content (AvgIpc) is 2.63. The van der Waals surface area contributed by atoms with Gasteiger partial charge in [-0.25, -0.2) is 4.98 Å². The van der Waals surface area contributed by atoms with Crippen LogP contribution in [0, 0.1) is 6.92 Å². The Morgan fingerprint density at radius 1 is 1.53 bits per heavy atom. The van der Waals surface area contributed by atoms with Gasteiger partial charge in [0.05, 0.1) is 27.4 Å². The van der Waals surface area contributed by atoms with Crippen LogP contribution >= 0.6 is 27.3 Å². The number of halogens is 1. The fourth-order valence-corrected chi connectivity index (χ4v) is 2.20. The van der Waals surface area contributed by atoms with E-state index in [0.717, 1.165) is 27.4 Å². The molecule has 2 aromatic rings. The zero-order valence-electron chi connectivity index (χ0n) is 8.20. The maximum Gasteiger partial charge on any atom is 0.0898 e. The van der Waals surface area contributed by atoms with Crippen LogP contribution in [0.4, 0.5) is 5.69 Å². The van der Waals surface area contributed by atoms with Gasteiger partial charge in [0.15, 0.2) is 0 Å². The lowest BCUT2D eigenvalue weighted by Gasteiger charge is -2.05. The summed E-state index contributed by atoms with van der Waals surface area (Å²) in [5, 5.41) is 6.46. The largest absolute Gasteiger partial charge is 0.378 e. The molecule has 0 bridgehead atoms. The van der Waals surface area contributed by atoms with Crippen molar-refractivity contribution < 1.29 is 0 Å². The van der Waals surface area contributed by atoms with E-state index in [4.69, 9.17) is 0 Å². The monoisotopic (exact) mass is 283 g/mol. The molecule has 0 radical (unpaired) electrons. The number of nitrogens with one attached hydrogen (secondary N) is 1. The van der Waals surface area contributed by atoms with Crippen LogP contribution in [0.25, 0.3) is 0 Å². The molecule has 1 N–H and O–H groups in total. The summed E-state index contributed by atoms with van der Waals surface area (Å²) in [4.78, 5) is 8.38. The summed E-state index contributed by atoms with van der Waals surface area (Å²) in [5.41, 5.74) is 2.11. The first-order valence-electron chi connectivity index (χ1n) is 4.50. The van der Waals surface area contributed by atoms with Crippen LogP contribution < -0.4 is 5.32 Å². The van der Waals surface area contributed by atoms with Gasteiger partial charge in [-0.15, -0.1) is 11.3 Å². The quantitative estimate of drug-likeness (QED) is 0.940. The molecule has 2 heterocycles. The lowest BCUT2D eigenvalue weighted by atomic mass is 10.4. The zero-order chi connectivity index (χ0) is 10.7. The van der Waals surface area contributed by atoms with Gasteiger partial charge in [-0.2, -0.15) is 0 Å². The third-order valence-electron chi connectivity index (χ3n) is 1.90. The van der Waals surface area contributed by atoms with Crippen LogP contribution in [0.3, 0.4) is 0 Å². The lowest BCUT2D eigenvalue weighted by Crippen LogP contribution is -2.00. The second kappa shape index (κ2) is 4.72. The smallest absolute Gasteiger partial charge is 0.0898 e. The summed E-state index contributed by atoms with van der Waals surface area (Å²) >= 11 is 5.10. The van der Waals surface area contributed by atoms with Crippen LogP contribution in [-0.4, -0.2) is 9.97 Å². The Morgan fingerprint density at radius 3 is 3.07 bits per heavy atom. The number of aryl methyl sites for hydroxylation is 1. The number of nitrogens with zero attached hydrogens (tertiary/aromatic N) is 2. The summed E-state index contributed by atoms with van der Waals surface area (Å²) < 4.78 is 0.969. The minimum Gasteiger partial charge on any atom is -0.378 e. The van der Waals surface area contributed by atoms with Gasteiger partial charge in [-0.3, -0.25) is 4.98 Å². The molecule has 0 saturated heterocycles. The minimum atomic E-state index is 0.743. The summed E-state index contributed by atoms with van der Waals surface area (Å²) in [7, 11) is 0. The molecule has 0 aliphatic rings. The van der Waals surface area contributed by atoms with Crippen molar-refractivity contribution >= 4 is 33.0 Å². The molecule has 0 saturated carbocycles. The van der Waals surface area contributed by atoms with E-state index in [0.29, 0.717) is 0 Å². The highest BCUT2D eigenvalue weighted by molar-refractivity contribution is 9.10. The molecule has 0 unspecified atom stereocenters. The van der Waals surface area contributed by atoms with Gasteiger partial charge < -0.3 is 5.32 Å². The van der Waals surface area contributed by atoms with E-state index in [-0.39, 0.29) is 0 Å². The van der Waals surface area contributed by atoms with E-state index in [1.54, 1.807) is 23.7 Å². The predicted octanol–water partition coefficient (Wildman–Crippen LogP) is 3.22. The van der Waals surface area contributed by atoms with E-state index in [9.17, 15) is 0 Å². The van der Waals surface area contributed by atoms with Crippen LogP contribution in [0.15, 0.2) is 28.3 Å². The predicted molar refractivity (Wildman–Crippen MR) is 66.1 cm³/mol. The van der Waals surface area contributed by atoms with Crippen LogP contribution in [0.2, 0.25) is 0 Å². The van der Waals surface area contributed by atoms with Crippen molar-refractivity contribution in [2.45, 2.75) is 13.5 Å². The van der Waals surface area contributed by atoms with E-state index in [1.165, 1.54) is 0 Å². The summed E-state index contributed by atoms with van der Waals surface area (Å²) in [6.45, 7) is 2.75. The summed E-state index contributed by atoms with van der Waals surface area (Å²) in [6, 6.07) is 1.93. The molecular weight excluding hydrogens is 274 g/mol. The third-order valence-corrected chi connectivity index (χ3v) is 3.35. The SMILES string of the molecule is Cc1nc(CNc2ccncc2Br)cs1. The normalized spacial score (nSPS) is 10.3. The van der Waals surface area contributed by atoms with Crippen molar-refractivity contribution in [2.75, 3.05) is 5.32 Å². The van der Waals surface area contributed by atoms with Crippen molar-refractivity contribution in [3.63, 3.8) is 0 Å². The molecular formula is C10H10BrN3S. The maximum atomic E-state index is 4.38. The molecule has 0 atom stereocenters. The van der Waals surface area contributed by atoms with Crippen molar-refractivity contribution in [1.29, 1.82) is 0 Å². The number of rotatable bonds is 3. The first-order valence-corrected chi connectivity index (χ1v) is 6.17. The van der Waals surface area contributed by atoms with Crippen LogP contribution in [-0.2, 0) is 6.54 Å². The first-order chi connectivity index (χ1) is 7.25. The number of anilines is 1. The Balaban J connectivity index is 2.02. The van der Waals surface area contributed by atoms with Gasteiger partial charge in [0.25, 0.3) is 0 Å². The Bertz CT molecular complexity index is 455. The number of thiazole rings is 1. The van der Waals surface area contributed by atoms with Crippen LogP contribution in [0.1, 0.15) is 10.7 Å². The van der Waals surface area contributed by atoms with Gasteiger partial charge in [0, 0.05) is 17.8 Å². The topological polar surface area (TPSA) is 37.8 Å². The van der Waals surface area contributed by atoms with Gasteiger partial charge in [-0.05, 0) is 28.9 Å². The third kappa shape index (κ3) is 2.76. The van der Waals surface area contributed by atoms with E-state index >= 15 is 0 Å². The molecule has 0 spiro atoms. The van der Waals surface area contributed by atoms with Crippen molar-refractivity contribution in [3.05, 3.63) is 39.0 Å². The Kier molecular flexibility index (Phi) is 3.33. The maximum absolute atomic E-state index is 4.38. The fourth-order valence-electron chi connectivity index (χ4n) is 1.19. The Hall–Kier alpha value is -0.940. The van der Waals surface area contributed by atoms with Gasteiger partial charge in [0.1, 0.15) is 0 Å². The van der Waals surface area contributed by atoms with Crippen molar-refractivity contribution in [1.82, 2.24) is 9.97 Å². The van der Waals surface area contributed by atoms with Crippen molar-refractivity contribution in [2.24, 2.45) is 0 Å². The molecule has 2 rings (SSSR count). The van der Waals surface area contributed by atoms with Gasteiger partial charge in [0.2, 0.25) is 0 Å². The Labute approximate surface area is 101 Å². The second-order valence-corrected chi connectivity index (χ2v) is 4.98. The summed E-state index contributed by atoms with van der Waals surface area (Å²) in [5.74, 6) is 0. The molecule has 0 amide bonds. The molecule has 2 aromatic heterocycles. The number of pyridine rings is 1. The average molecular weight is 284 g/mol. The van der Waals surface area contributed by atoms with E-state index < -0.39 is 0 Å². The standard InChI is InChI=1S/C10H10BrN3S/c1-7-14-8(6-15-7)4-13-10-2-3-12-5-9(10)11/h2-3,5-6H,4H2,1H3,(H,12,13). The highest BCUT2D eigenvalue weighted by Gasteiger charge is 2.00. The fraction of sp³-hybridized carbons (Fsp3) is 0.200. The van der Waals surface area contributed by atoms with E-state index in [2.05, 4.69) is 36.6 Å².